The number of ether oxygens (including phenoxy) is 1. The van der Waals surface area contributed by atoms with Gasteiger partial charge in [0.2, 0.25) is 0 Å². The minimum Gasteiger partial charge on any atom is -0.451 e. The Morgan fingerprint density at radius 3 is 2.43 bits per heavy atom. The number of halogens is 3. The first kappa shape index (κ1) is 15.7. The average molecular weight is 312 g/mol. The van der Waals surface area contributed by atoms with E-state index in [9.17, 15) is 8.78 Å². The van der Waals surface area contributed by atoms with Crippen molar-refractivity contribution in [1.82, 2.24) is 5.32 Å². The van der Waals surface area contributed by atoms with Gasteiger partial charge >= 0.3 is 0 Å². The summed E-state index contributed by atoms with van der Waals surface area (Å²) in [5.74, 6) is -1.55. The smallest absolute Gasteiger partial charge is 0.198 e. The van der Waals surface area contributed by atoms with E-state index in [1.54, 1.807) is 19.1 Å². The first-order valence-electron chi connectivity index (χ1n) is 6.64. The quantitative estimate of drug-likeness (QED) is 0.854. The maximum Gasteiger partial charge on any atom is 0.198 e. The van der Waals surface area contributed by atoms with E-state index < -0.39 is 17.4 Å². The molecule has 2 nitrogen and oxygen atoms in total. The number of benzene rings is 2. The van der Waals surface area contributed by atoms with Crippen LogP contribution in [0.3, 0.4) is 0 Å². The van der Waals surface area contributed by atoms with Gasteiger partial charge in [-0.3, -0.25) is 0 Å². The molecule has 0 aromatic heterocycles. The number of rotatable bonds is 5. The van der Waals surface area contributed by atoms with E-state index in [2.05, 4.69) is 5.32 Å². The summed E-state index contributed by atoms with van der Waals surface area (Å²) < 4.78 is 33.4. The summed E-state index contributed by atoms with van der Waals surface area (Å²) in [4.78, 5) is 0. The molecule has 0 radical (unpaired) electrons. The van der Waals surface area contributed by atoms with Crippen LogP contribution in [0.15, 0.2) is 30.3 Å². The molecule has 2 aromatic rings. The van der Waals surface area contributed by atoms with Crippen LogP contribution in [0.5, 0.6) is 11.5 Å². The fourth-order valence-corrected chi connectivity index (χ4v) is 2.04. The summed E-state index contributed by atoms with van der Waals surface area (Å²) in [5, 5.41) is 3.46. The summed E-state index contributed by atoms with van der Waals surface area (Å²) in [6.07, 6.45) is 0. The molecule has 112 valence electrons. The van der Waals surface area contributed by atoms with Gasteiger partial charge in [0.25, 0.3) is 0 Å². The predicted octanol–water partition coefficient (Wildman–Crippen LogP) is 4.83. The van der Waals surface area contributed by atoms with Gasteiger partial charge in [-0.25, -0.2) is 8.78 Å². The Balaban J connectivity index is 2.30. The maximum atomic E-state index is 14.0. The van der Waals surface area contributed by atoms with Crippen molar-refractivity contribution in [1.29, 1.82) is 0 Å². The van der Waals surface area contributed by atoms with Crippen molar-refractivity contribution in [3.05, 3.63) is 58.1 Å². The second-order valence-corrected chi connectivity index (χ2v) is 5.12. The molecule has 0 unspecified atom stereocenters. The van der Waals surface area contributed by atoms with Crippen molar-refractivity contribution < 1.29 is 13.5 Å². The second kappa shape index (κ2) is 6.87. The molecule has 0 aliphatic heterocycles. The predicted molar refractivity (Wildman–Crippen MR) is 80.0 cm³/mol. The molecule has 0 saturated heterocycles. The lowest BCUT2D eigenvalue weighted by molar-refractivity contribution is 0.404. The van der Waals surface area contributed by atoms with Crippen molar-refractivity contribution in [2.75, 3.05) is 6.54 Å². The van der Waals surface area contributed by atoms with Gasteiger partial charge in [0, 0.05) is 11.6 Å². The number of hydrogen-bond donors (Lipinski definition) is 1. The van der Waals surface area contributed by atoms with Crippen LogP contribution in [-0.2, 0) is 6.54 Å². The van der Waals surface area contributed by atoms with Gasteiger partial charge in [-0.15, -0.1) is 0 Å². The van der Waals surface area contributed by atoms with Gasteiger partial charge in [-0.1, -0.05) is 24.6 Å². The fourth-order valence-electron chi connectivity index (χ4n) is 1.88. The third-order valence-corrected chi connectivity index (χ3v) is 3.23. The molecule has 1 N–H and O–H groups in total. The zero-order chi connectivity index (χ0) is 15.4. The molecule has 0 heterocycles. The Morgan fingerprint density at radius 2 is 1.81 bits per heavy atom. The largest absolute Gasteiger partial charge is 0.451 e. The molecule has 0 atom stereocenters. The van der Waals surface area contributed by atoms with E-state index in [-0.39, 0.29) is 0 Å². The molecule has 0 aliphatic carbocycles. The topological polar surface area (TPSA) is 21.3 Å². The first-order chi connectivity index (χ1) is 10.0. The van der Waals surface area contributed by atoms with Crippen molar-refractivity contribution in [3.8, 4) is 11.5 Å². The summed E-state index contributed by atoms with van der Waals surface area (Å²) in [6.45, 7) is 4.83. The summed E-state index contributed by atoms with van der Waals surface area (Å²) in [7, 11) is 0. The van der Waals surface area contributed by atoms with Crippen molar-refractivity contribution in [2.45, 2.75) is 20.4 Å². The SMILES string of the molecule is CCNCc1cc(F)c(Oc2cc(Cl)ccc2C)c(F)c1. The van der Waals surface area contributed by atoms with Crippen LogP contribution in [0.1, 0.15) is 18.1 Å². The lowest BCUT2D eigenvalue weighted by Gasteiger charge is -2.12. The van der Waals surface area contributed by atoms with Gasteiger partial charge < -0.3 is 10.1 Å². The van der Waals surface area contributed by atoms with Crippen LogP contribution in [-0.4, -0.2) is 6.54 Å². The van der Waals surface area contributed by atoms with E-state index in [1.165, 1.54) is 18.2 Å². The molecule has 5 heteroatoms. The lowest BCUT2D eigenvalue weighted by atomic mass is 10.2. The van der Waals surface area contributed by atoms with Gasteiger partial charge in [-0.2, -0.15) is 0 Å². The summed E-state index contributed by atoms with van der Waals surface area (Å²) in [6, 6.07) is 7.48. The standard InChI is InChI=1S/C16H16ClF2NO/c1-3-20-9-11-6-13(18)16(14(19)7-11)21-15-8-12(17)5-4-10(15)2/h4-8,20H,3,9H2,1-2H3. The third kappa shape index (κ3) is 3.93. The molecule has 21 heavy (non-hydrogen) atoms. The number of nitrogens with one attached hydrogen (secondary N) is 1. The second-order valence-electron chi connectivity index (χ2n) is 4.68. The van der Waals surface area contributed by atoms with Crippen molar-refractivity contribution >= 4 is 11.6 Å². The fraction of sp³-hybridized carbons (Fsp3) is 0.250. The van der Waals surface area contributed by atoms with Crippen LogP contribution >= 0.6 is 11.6 Å². The molecule has 0 aliphatic rings. The van der Waals surface area contributed by atoms with E-state index >= 15 is 0 Å². The van der Waals surface area contributed by atoms with Crippen molar-refractivity contribution in [2.24, 2.45) is 0 Å². The third-order valence-electron chi connectivity index (χ3n) is 3.00. The zero-order valence-corrected chi connectivity index (χ0v) is 12.6. The molecule has 0 amide bonds. The van der Waals surface area contributed by atoms with E-state index in [1.807, 2.05) is 6.92 Å². The minimum atomic E-state index is -0.734. The Kier molecular flexibility index (Phi) is 5.15. The Bertz CT molecular complexity index is 623. The van der Waals surface area contributed by atoms with Gasteiger partial charge in [0.15, 0.2) is 17.4 Å². The number of hydrogen-bond acceptors (Lipinski definition) is 2. The van der Waals surface area contributed by atoms with E-state index in [0.29, 0.717) is 22.9 Å². The van der Waals surface area contributed by atoms with Crippen LogP contribution in [0.4, 0.5) is 8.78 Å². The van der Waals surface area contributed by atoms with Gasteiger partial charge in [0.05, 0.1) is 0 Å². The molecular formula is C16H16ClF2NO. The molecule has 0 saturated carbocycles. The Labute approximate surface area is 127 Å². The average Bonchev–Trinajstić information content (AvgIpc) is 2.44. The maximum absolute atomic E-state index is 14.0. The first-order valence-corrected chi connectivity index (χ1v) is 7.01. The Morgan fingerprint density at radius 1 is 1.14 bits per heavy atom. The lowest BCUT2D eigenvalue weighted by Crippen LogP contribution is -2.12. The van der Waals surface area contributed by atoms with Crippen LogP contribution in [0.2, 0.25) is 5.02 Å². The van der Waals surface area contributed by atoms with Gasteiger partial charge in [0.1, 0.15) is 5.75 Å². The minimum absolute atomic E-state index is 0.333. The molecule has 0 bridgehead atoms. The zero-order valence-electron chi connectivity index (χ0n) is 11.8. The van der Waals surface area contributed by atoms with Gasteiger partial charge in [-0.05, 0) is 48.9 Å². The van der Waals surface area contributed by atoms with Crippen molar-refractivity contribution in [3.63, 3.8) is 0 Å². The molecule has 2 rings (SSSR count). The van der Waals surface area contributed by atoms with E-state index in [4.69, 9.17) is 16.3 Å². The normalized spacial score (nSPS) is 10.7. The molecule has 0 spiro atoms. The van der Waals surface area contributed by atoms with Crippen LogP contribution in [0, 0.1) is 18.6 Å². The molecule has 0 fully saturated rings. The van der Waals surface area contributed by atoms with Crippen LogP contribution in [0.25, 0.3) is 0 Å². The summed E-state index contributed by atoms with van der Waals surface area (Å²) >= 11 is 5.87. The number of aryl methyl sites for hydroxylation is 1. The van der Waals surface area contributed by atoms with E-state index in [0.717, 1.165) is 12.1 Å². The highest BCUT2D eigenvalue weighted by Crippen LogP contribution is 2.32. The highest BCUT2D eigenvalue weighted by atomic mass is 35.5. The Hall–Kier alpha value is -1.65. The molecule has 2 aromatic carbocycles. The highest BCUT2D eigenvalue weighted by Gasteiger charge is 2.15. The monoisotopic (exact) mass is 311 g/mol. The summed E-state index contributed by atoms with van der Waals surface area (Å²) in [5.41, 5.74) is 1.27. The molecular weight excluding hydrogens is 296 g/mol. The van der Waals surface area contributed by atoms with Crippen LogP contribution < -0.4 is 10.1 Å². The highest BCUT2D eigenvalue weighted by molar-refractivity contribution is 6.30.